The molecule has 1 saturated heterocycles. The molecule has 1 aliphatic carbocycles. The van der Waals surface area contributed by atoms with Gasteiger partial charge in [0.2, 0.25) is 0 Å². The highest BCUT2D eigenvalue weighted by Crippen LogP contribution is 2.47. The number of hydrogen-bond donors (Lipinski definition) is 0. The van der Waals surface area contributed by atoms with Crippen LogP contribution in [0.1, 0.15) is 31.2 Å². The molecule has 0 radical (unpaired) electrons. The molecule has 0 N–H and O–H groups in total. The lowest BCUT2D eigenvalue weighted by Gasteiger charge is -2.42. The van der Waals surface area contributed by atoms with Gasteiger partial charge < -0.3 is 14.2 Å². The fraction of sp³-hybridized carbons (Fsp3) is 0.562. The fourth-order valence-electron chi connectivity index (χ4n) is 3.42. The summed E-state index contributed by atoms with van der Waals surface area (Å²) in [5, 5.41) is 0. The number of ether oxygens (including phenoxy) is 3. The van der Waals surface area contributed by atoms with E-state index in [9.17, 15) is 4.79 Å². The first-order valence-electron chi connectivity index (χ1n) is 7.23. The van der Waals surface area contributed by atoms with Crippen LogP contribution in [0.5, 0.6) is 0 Å². The molecule has 1 aromatic rings. The summed E-state index contributed by atoms with van der Waals surface area (Å²) in [6, 6.07) is 7.92. The molecule has 2 fully saturated rings. The van der Waals surface area contributed by atoms with Gasteiger partial charge in [0, 0.05) is 17.3 Å². The Balaban J connectivity index is 1.89. The Morgan fingerprint density at radius 2 is 1.67 bits per heavy atom. The SMILES string of the molecule is COC(=O)C1(c2ccc(Br)cc2)CCC2(CC1)OCCO2. The van der Waals surface area contributed by atoms with Crippen molar-refractivity contribution in [2.24, 2.45) is 0 Å². The van der Waals surface area contributed by atoms with Crippen molar-refractivity contribution in [3.63, 3.8) is 0 Å². The summed E-state index contributed by atoms with van der Waals surface area (Å²) in [5.41, 5.74) is 0.418. The molecule has 0 atom stereocenters. The highest BCUT2D eigenvalue weighted by molar-refractivity contribution is 9.10. The summed E-state index contributed by atoms with van der Waals surface area (Å²) in [6.07, 6.45) is 2.80. The van der Waals surface area contributed by atoms with Gasteiger partial charge in [-0.05, 0) is 30.5 Å². The summed E-state index contributed by atoms with van der Waals surface area (Å²) >= 11 is 3.43. The lowest BCUT2D eigenvalue weighted by molar-refractivity contribution is -0.190. The van der Waals surface area contributed by atoms with Gasteiger partial charge in [0.15, 0.2) is 5.79 Å². The third-order valence-electron chi connectivity index (χ3n) is 4.65. The quantitative estimate of drug-likeness (QED) is 0.765. The number of benzene rings is 1. The monoisotopic (exact) mass is 354 g/mol. The molecule has 1 aliphatic heterocycles. The molecule has 0 aromatic heterocycles. The van der Waals surface area contributed by atoms with E-state index in [4.69, 9.17) is 14.2 Å². The molecular weight excluding hydrogens is 336 g/mol. The Morgan fingerprint density at radius 1 is 1.10 bits per heavy atom. The van der Waals surface area contributed by atoms with Crippen LogP contribution in [0.15, 0.2) is 28.7 Å². The molecule has 1 aromatic carbocycles. The van der Waals surface area contributed by atoms with Crippen LogP contribution in [0.2, 0.25) is 0 Å². The lowest BCUT2D eigenvalue weighted by atomic mass is 9.67. The molecule has 1 heterocycles. The molecule has 0 bridgehead atoms. The van der Waals surface area contributed by atoms with Crippen LogP contribution in [0.25, 0.3) is 0 Å². The van der Waals surface area contributed by atoms with Gasteiger partial charge in [-0.2, -0.15) is 0 Å². The second kappa shape index (κ2) is 5.71. The molecule has 21 heavy (non-hydrogen) atoms. The number of methoxy groups -OCH3 is 1. The first-order valence-corrected chi connectivity index (χ1v) is 8.02. The zero-order valence-electron chi connectivity index (χ0n) is 12.1. The van der Waals surface area contributed by atoms with Gasteiger partial charge in [-0.3, -0.25) is 4.79 Å². The average Bonchev–Trinajstić information content (AvgIpc) is 2.97. The molecule has 4 nitrogen and oxygen atoms in total. The van der Waals surface area contributed by atoms with E-state index in [1.165, 1.54) is 7.11 Å². The summed E-state index contributed by atoms with van der Waals surface area (Å²) in [6.45, 7) is 1.28. The van der Waals surface area contributed by atoms with Crippen molar-refractivity contribution in [2.75, 3.05) is 20.3 Å². The number of carbonyl (C=O) groups excluding carboxylic acids is 1. The van der Waals surface area contributed by atoms with Gasteiger partial charge in [-0.1, -0.05) is 28.1 Å². The van der Waals surface area contributed by atoms with E-state index < -0.39 is 11.2 Å². The summed E-state index contributed by atoms with van der Waals surface area (Å²) < 4.78 is 17.6. The van der Waals surface area contributed by atoms with Crippen LogP contribution >= 0.6 is 15.9 Å². The standard InChI is InChI=1S/C16H19BrO4/c1-19-14(18)15(12-2-4-13(17)5-3-12)6-8-16(9-7-15)20-10-11-21-16/h2-5H,6-11H2,1H3. The van der Waals surface area contributed by atoms with Crippen molar-refractivity contribution in [1.29, 1.82) is 0 Å². The molecule has 2 aliphatic rings. The van der Waals surface area contributed by atoms with E-state index in [0.29, 0.717) is 26.1 Å². The Hall–Kier alpha value is -0.910. The van der Waals surface area contributed by atoms with Crippen molar-refractivity contribution < 1.29 is 19.0 Å². The van der Waals surface area contributed by atoms with Crippen LogP contribution in [-0.2, 0) is 24.4 Å². The Morgan fingerprint density at radius 3 is 2.19 bits per heavy atom. The molecule has 1 saturated carbocycles. The maximum atomic E-state index is 12.5. The van der Waals surface area contributed by atoms with Crippen molar-refractivity contribution in [1.82, 2.24) is 0 Å². The molecular formula is C16H19BrO4. The molecule has 1 spiro atoms. The number of carbonyl (C=O) groups is 1. The lowest BCUT2D eigenvalue weighted by Crippen LogP contribution is -2.46. The van der Waals surface area contributed by atoms with Gasteiger partial charge in [0.1, 0.15) is 0 Å². The molecule has 0 unspecified atom stereocenters. The highest BCUT2D eigenvalue weighted by Gasteiger charge is 2.51. The first kappa shape index (κ1) is 15.0. The van der Waals surface area contributed by atoms with E-state index >= 15 is 0 Å². The summed E-state index contributed by atoms with van der Waals surface area (Å²) in [5.74, 6) is -0.648. The van der Waals surface area contributed by atoms with Crippen LogP contribution in [-0.4, -0.2) is 32.1 Å². The maximum Gasteiger partial charge on any atom is 0.316 e. The maximum absolute atomic E-state index is 12.5. The van der Waals surface area contributed by atoms with Gasteiger partial charge in [-0.15, -0.1) is 0 Å². The summed E-state index contributed by atoms with van der Waals surface area (Å²) in [4.78, 5) is 12.5. The largest absolute Gasteiger partial charge is 0.468 e. The molecule has 5 heteroatoms. The molecule has 114 valence electrons. The van der Waals surface area contributed by atoms with Crippen LogP contribution < -0.4 is 0 Å². The Bertz CT molecular complexity index is 510. The van der Waals surface area contributed by atoms with Gasteiger partial charge in [0.25, 0.3) is 0 Å². The minimum absolute atomic E-state index is 0.169. The van der Waals surface area contributed by atoms with Crippen molar-refractivity contribution in [3.8, 4) is 0 Å². The second-order valence-corrected chi connectivity index (χ2v) is 6.60. The number of esters is 1. The van der Waals surface area contributed by atoms with Crippen LogP contribution in [0, 0.1) is 0 Å². The first-order chi connectivity index (χ1) is 10.1. The molecule has 0 amide bonds. The van der Waals surface area contributed by atoms with E-state index in [2.05, 4.69) is 15.9 Å². The van der Waals surface area contributed by atoms with Crippen LogP contribution in [0.4, 0.5) is 0 Å². The number of halogens is 1. The van der Waals surface area contributed by atoms with Crippen molar-refractivity contribution >= 4 is 21.9 Å². The predicted molar refractivity (Wildman–Crippen MR) is 80.9 cm³/mol. The minimum atomic E-state index is -0.587. The average molecular weight is 355 g/mol. The number of rotatable bonds is 2. The Kier molecular flexibility index (Phi) is 4.08. The van der Waals surface area contributed by atoms with Crippen LogP contribution in [0.3, 0.4) is 0 Å². The van der Waals surface area contributed by atoms with Gasteiger partial charge in [0.05, 0.1) is 25.7 Å². The van der Waals surface area contributed by atoms with Crippen molar-refractivity contribution in [2.45, 2.75) is 36.9 Å². The van der Waals surface area contributed by atoms with E-state index in [1.54, 1.807) is 0 Å². The Labute approximate surface area is 132 Å². The smallest absolute Gasteiger partial charge is 0.316 e. The number of hydrogen-bond acceptors (Lipinski definition) is 4. The van der Waals surface area contributed by atoms with Gasteiger partial charge >= 0.3 is 5.97 Å². The zero-order valence-corrected chi connectivity index (χ0v) is 13.6. The van der Waals surface area contributed by atoms with Gasteiger partial charge in [-0.25, -0.2) is 0 Å². The van der Waals surface area contributed by atoms with Crippen molar-refractivity contribution in [3.05, 3.63) is 34.3 Å². The third-order valence-corrected chi connectivity index (χ3v) is 5.18. The summed E-state index contributed by atoms with van der Waals surface area (Å²) in [7, 11) is 1.45. The fourth-order valence-corrected chi connectivity index (χ4v) is 3.68. The minimum Gasteiger partial charge on any atom is -0.468 e. The topological polar surface area (TPSA) is 44.8 Å². The highest BCUT2D eigenvalue weighted by atomic mass is 79.9. The second-order valence-electron chi connectivity index (χ2n) is 5.69. The van der Waals surface area contributed by atoms with E-state index in [0.717, 1.165) is 22.9 Å². The third kappa shape index (κ3) is 2.62. The van der Waals surface area contributed by atoms with E-state index in [-0.39, 0.29) is 5.97 Å². The normalized spacial score (nSPS) is 23.1. The van der Waals surface area contributed by atoms with E-state index in [1.807, 2.05) is 24.3 Å². The predicted octanol–water partition coefficient (Wildman–Crippen LogP) is 3.18. The zero-order chi connectivity index (χ0) is 14.9. The molecule has 3 rings (SSSR count).